The zero-order valence-corrected chi connectivity index (χ0v) is 45.7. The molecule has 0 aliphatic carbocycles. The third-order valence-corrected chi connectivity index (χ3v) is 12.8. The normalized spacial score (nSPS) is 10.4. The minimum Gasteiger partial charge on any atom is -1.00 e. The largest absolute Gasteiger partial charge is 1.00 e. The molecule has 8 heteroatoms. The Kier molecular flexibility index (Phi) is 23.3. The minimum absolute atomic E-state index is 0. The fraction of sp³-hybridized carbons (Fsp3) is 0.104. The van der Waals surface area contributed by atoms with Gasteiger partial charge in [-0.25, -0.2) is 0 Å². The molecule has 12 aromatic carbocycles. The van der Waals surface area contributed by atoms with E-state index in [1.54, 1.807) is 20.5 Å². The number of fused-ring (bicyclic) bond motifs is 8. The van der Waals surface area contributed by atoms with Gasteiger partial charge in [-0.15, -0.1) is 0 Å². The van der Waals surface area contributed by atoms with Crippen molar-refractivity contribution >= 4 is 113 Å². The summed E-state index contributed by atoms with van der Waals surface area (Å²) < 4.78 is 9.60. The summed E-state index contributed by atoms with van der Waals surface area (Å²) in [6.45, 7) is 2.97. The number of carbonyl (C=O) groups is 2. The molecule has 0 amide bonds. The van der Waals surface area contributed by atoms with Crippen LogP contribution >= 0.6 is 0 Å². The molecule has 0 aliphatic rings. The van der Waals surface area contributed by atoms with Crippen LogP contribution in [0, 0.1) is 0 Å². The van der Waals surface area contributed by atoms with Gasteiger partial charge in [0.15, 0.2) is 6.29 Å². The van der Waals surface area contributed by atoms with Gasteiger partial charge in [0, 0.05) is 40.7 Å². The molecule has 5 nitrogen and oxygen atoms in total. The van der Waals surface area contributed by atoms with E-state index in [0.717, 1.165) is 51.9 Å². The van der Waals surface area contributed by atoms with Crippen LogP contribution in [0.5, 0.6) is 0 Å². The molecule has 0 aliphatic heterocycles. The molecule has 12 aromatic rings. The Bertz CT molecular complexity index is 3630. The summed E-state index contributed by atoms with van der Waals surface area (Å²) in [6.07, 6.45) is 6.88. The van der Waals surface area contributed by atoms with Gasteiger partial charge in [0.2, 0.25) is 0 Å². The second kappa shape index (κ2) is 29.7. The van der Waals surface area contributed by atoms with Crippen LogP contribution in [-0.4, -0.2) is 53.5 Å². The van der Waals surface area contributed by atoms with Crippen LogP contribution in [0.3, 0.4) is 0 Å². The number of halogens is 1. The predicted octanol–water partition coefficient (Wildman–Crippen LogP) is 10.1. The maximum absolute atomic E-state index is 11.2. The molecular weight excluding hydrogens is 954 g/mol. The van der Waals surface area contributed by atoms with Gasteiger partial charge in [-0.05, 0) is 147 Å². The fourth-order valence-corrected chi connectivity index (χ4v) is 9.44. The number of aldehydes is 2. The second-order valence-corrected chi connectivity index (χ2v) is 17.1. The van der Waals surface area contributed by atoms with Crippen molar-refractivity contribution in [1.82, 2.24) is 0 Å². The number of ether oxygens (including phenoxy) is 2. The Morgan fingerprint density at radius 1 is 0.440 bits per heavy atom. The van der Waals surface area contributed by atoms with Gasteiger partial charge in [0.25, 0.3) is 0 Å². The molecule has 0 saturated heterocycles. The summed E-state index contributed by atoms with van der Waals surface area (Å²) in [5.41, 5.74) is 4.38. The number of benzene rings is 12. The third-order valence-electron chi connectivity index (χ3n) is 12.8. The van der Waals surface area contributed by atoms with Gasteiger partial charge in [0.05, 0.1) is 13.4 Å². The standard InChI is InChI=1S/C17H14O.C16H14O.C16H12O.C15H10O.C3H8O.B.ClH.Na.H/c1-18-11-10-17-15-8-4-2-6-13(15)12-14-7-3-5-9-16(14)17;2*17-10-9-16-14-7-3-1-5-12(14)11-13-6-2-4-8-15(13)16;16-10-15-13-7-3-1-5-11(13)9-12-6-2-4-8-14(12)15;1-3-4-2;;;;/h2-12H,1H3;1-8,11,17H,9-10H2;1-8,10-11H,9H2;1-10H;3H2,1-2H3;;1H;;/q;;;;;;;+1;-1/p-1. The van der Waals surface area contributed by atoms with Crippen molar-refractivity contribution in [3.8, 4) is 0 Å². The summed E-state index contributed by atoms with van der Waals surface area (Å²) in [7, 11) is 3.35. The smallest absolute Gasteiger partial charge is 1.00 e. The van der Waals surface area contributed by atoms with E-state index in [4.69, 9.17) is 4.74 Å². The Balaban J connectivity index is 0.000000210. The molecule has 0 aromatic heterocycles. The van der Waals surface area contributed by atoms with Gasteiger partial charge in [0.1, 0.15) is 6.29 Å². The average molecular weight is 1010 g/mol. The van der Waals surface area contributed by atoms with E-state index < -0.39 is 0 Å². The number of methoxy groups -OCH3 is 2. The molecule has 0 fully saturated rings. The van der Waals surface area contributed by atoms with Crippen LogP contribution < -0.4 is 42.0 Å². The summed E-state index contributed by atoms with van der Waals surface area (Å²) in [5.74, 6) is 0. The zero-order valence-electron chi connectivity index (χ0n) is 44.0. The van der Waals surface area contributed by atoms with Crippen molar-refractivity contribution in [2.45, 2.75) is 19.8 Å². The first kappa shape index (κ1) is 58.8. The van der Waals surface area contributed by atoms with Crippen molar-refractivity contribution < 1.29 is 67.6 Å². The van der Waals surface area contributed by atoms with E-state index in [1.165, 1.54) is 75.8 Å². The van der Waals surface area contributed by atoms with Crippen LogP contribution in [0.15, 0.2) is 225 Å². The molecule has 12 rings (SSSR count). The van der Waals surface area contributed by atoms with Crippen LogP contribution in [0.25, 0.3) is 92.3 Å². The molecule has 0 bridgehead atoms. The third kappa shape index (κ3) is 14.0. The molecular formula is C67H59BClNaO5-. The molecule has 0 spiro atoms. The van der Waals surface area contributed by atoms with Crippen LogP contribution in [0.2, 0.25) is 0 Å². The van der Waals surface area contributed by atoms with Gasteiger partial charge < -0.3 is 33.2 Å². The summed E-state index contributed by atoms with van der Waals surface area (Å²) in [4.78, 5) is 22.1. The van der Waals surface area contributed by atoms with Crippen LogP contribution in [0.1, 0.15) is 35.4 Å². The maximum atomic E-state index is 11.2. The van der Waals surface area contributed by atoms with Gasteiger partial charge >= 0.3 is 29.6 Å². The number of aliphatic hydroxyl groups excluding tert-OH is 1. The van der Waals surface area contributed by atoms with E-state index in [0.29, 0.717) is 12.8 Å². The first-order chi connectivity index (χ1) is 35.5. The molecule has 3 radical (unpaired) electrons. The molecule has 1 N–H and O–H groups in total. The van der Waals surface area contributed by atoms with E-state index in [-0.39, 0.29) is 58.4 Å². The molecule has 75 heavy (non-hydrogen) atoms. The van der Waals surface area contributed by atoms with E-state index >= 15 is 0 Å². The predicted molar refractivity (Wildman–Crippen MR) is 312 cm³/mol. The van der Waals surface area contributed by atoms with Gasteiger partial charge in [-0.3, -0.25) is 4.79 Å². The van der Waals surface area contributed by atoms with E-state index in [9.17, 15) is 14.7 Å². The molecule has 0 heterocycles. The van der Waals surface area contributed by atoms with Gasteiger partial charge in [-0.1, -0.05) is 194 Å². The number of aliphatic hydroxyl groups is 1. The average Bonchev–Trinajstić information content (AvgIpc) is 3.44. The number of carbonyl (C=O) groups excluding carboxylic acids is 2. The SMILES string of the molecule is CCOC.COC=Cc1c2ccccc2cc2ccccc12.O=CCc1c2ccccc2cc2ccccc12.O=Cc1c2ccccc2cc2ccccc12.OCCc1c2ccccc2cc2ccccc12.[B].[Cl-].[H-].[Na+]. The first-order valence-electron chi connectivity index (χ1n) is 24.3. The second-order valence-electron chi connectivity index (χ2n) is 17.1. The van der Waals surface area contributed by atoms with Crippen molar-refractivity contribution in [3.05, 3.63) is 247 Å². The summed E-state index contributed by atoms with van der Waals surface area (Å²) >= 11 is 0. The molecule has 0 saturated carbocycles. The monoisotopic (exact) mass is 1010 g/mol. The van der Waals surface area contributed by atoms with E-state index in [1.807, 2.05) is 85.8 Å². The Morgan fingerprint density at radius 3 is 0.973 bits per heavy atom. The van der Waals surface area contributed by atoms with Crippen LogP contribution in [0.4, 0.5) is 0 Å². The number of rotatable bonds is 8. The Labute approximate surface area is 471 Å². The van der Waals surface area contributed by atoms with Crippen molar-refractivity contribution in [1.29, 1.82) is 0 Å². The van der Waals surface area contributed by atoms with Crippen molar-refractivity contribution in [3.63, 3.8) is 0 Å². The minimum atomic E-state index is 0. The first-order valence-corrected chi connectivity index (χ1v) is 24.3. The number of hydrogen-bond donors (Lipinski definition) is 1. The van der Waals surface area contributed by atoms with Crippen LogP contribution in [-0.2, 0) is 27.1 Å². The van der Waals surface area contributed by atoms with E-state index in [2.05, 4.69) is 150 Å². The summed E-state index contributed by atoms with van der Waals surface area (Å²) in [6, 6.07) is 74.8. The Hall–Kier alpha value is -7.13. The molecule has 369 valence electrons. The van der Waals surface area contributed by atoms with Crippen molar-refractivity contribution in [2.24, 2.45) is 0 Å². The fourth-order valence-electron chi connectivity index (χ4n) is 9.44. The maximum Gasteiger partial charge on any atom is 1.00 e. The topological polar surface area (TPSA) is 72.8 Å². The zero-order chi connectivity index (χ0) is 50.1. The summed E-state index contributed by atoms with van der Waals surface area (Å²) in [5, 5.41) is 28.3. The van der Waals surface area contributed by atoms with Gasteiger partial charge in [-0.2, -0.15) is 0 Å². The Morgan fingerprint density at radius 2 is 0.707 bits per heavy atom. The quantitative estimate of drug-likeness (QED) is 0.0711. The molecule has 0 atom stereocenters. The number of hydrogen-bond acceptors (Lipinski definition) is 5. The van der Waals surface area contributed by atoms with Crippen molar-refractivity contribution in [2.75, 3.05) is 27.4 Å². The molecule has 0 unspecified atom stereocenters.